The van der Waals surface area contributed by atoms with Crippen molar-refractivity contribution in [3.63, 3.8) is 0 Å². The average molecular weight is 503 g/mol. The Morgan fingerprint density at radius 1 is 0.303 bits per heavy atom. The van der Waals surface area contributed by atoms with Gasteiger partial charge in [-0.05, 0) is 38.5 Å². The van der Waals surface area contributed by atoms with Crippen molar-refractivity contribution >= 4 is 14.1 Å². The molecule has 0 aliphatic heterocycles. The second-order valence-electron chi connectivity index (χ2n) is 10.9. The molecule has 0 spiro atoms. The van der Waals surface area contributed by atoms with Gasteiger partial charge in [0.2, 0.25) is 14.1 Å². The summed E-state index contributed by atoms with van der Waals surface area (Å²) in [6.45, 7) is 14.3. The number of hydrogen-bond donors (Lipinski definition) is 0. The van der Waals surface area contributed by atoms with E-state index in [9.17, 15) is 0 Å². The molecular formula is C30H66NP2+. The molecule has 0 rings (SSSR count). The first-order valence-corrected chi connectivity index (χ1v) is 20.1. The van der Waals surface area contributed by atoms with Gasteiger partial charge < -0.3 is 0 Å². The maximum atomic E-state index is 6.39. The molecule has 1 nitrogen and oxygen atoms in total. The van der Waals surface area contributed by atoms with Crippen LogP contribution in [0.1, 0.15) is 157 Å². The molecule has 0 saturated heterocycles. The van der Waals surface area contributed by atoms with Crippen LogP contribution >= 0.6 is 14.1 Å². The van der Waals surface area contributed by atoms with E-state index in [1.807, 2.05) is 0 Å². The van der Waals surface area contributed by atoms with Crippen LogP contribution in [0.2, 0.25) is 0 Å². The maximum Gasteiger partial charge on any atom is 0.216 e. The number of nitrogens with zero attached hydrogens (tertiary/aromatic N) is 1. The summed E-state index contributed by atoms with van der Waals surface area (Å²) in [4.78, 5) is 0. The molecule has 0 amide bonds. The van der Waals surface area contributed by atoms with Gasteiger partial charge in [0.1, 0.15) is 0 Å². The molecular weight excluding hydrogens is 436 g/mol. The standard InChI is InChI=1S/C30H66NP2/c1-7-13-19-25-32(26-20-14-8-2,27-21-15-9-3)31-33(28-22-16-10-4,29-23-17-11-5)30-24-18-12-6/h7-30H2,1-6H3/q+1. The Morgan fingerprint density at radius 2 is 0.485 bits per heavy atom. The lowest BCUT2D eigenvalue weighted by Gasteiger charge is -2.19. The summed E-state index contributed by atoms with van der Waals surface area (Å²) in [6, 6.07) is 0. The van der Waals surface area contributed by atoms with Crippen LogP contribution in [-0.2, 0) is 0 Å². The van der Waals surface area contributed by atoms with E-state index in [1.54, 1.807) is 0 Å². The molecule has 200 valence electrons. The van der Waals surface area contributed by atoms with Gasteiger partial charge in [-0.3, -0.25) is 0 Å². The molecule has 0 heterocycles. The molecule has 0 fully saturated rings. The van der Waals surface area contributed by atoms with E-state index in [0.717, 1.165) is 0 Å². The number of rotatable bonds is 24. The molecule has 3 heteroatoms. The van der Waals surface area contributed by atoms with Gasteiger partial charge in [0.15, 0.2) is 0 Å². The monoisotopic (exact) mass is 502 g/mol. The first-order valence-electron chi connectivity index (χ1n) is 15.5. The van der Waals surface area contributed by atoms with Crippen LogP contribution < -0.4 is 4.17 Å². The largest absolute Gasteiger partial charge is 0.216 e. The summed E-state index contributed by atoms with van der Waals surface area (Å²) < 4.78 is 6.39. The fraction of sp³-hybridized carbons (Fsp3) is 1.00. The van der Waals surface area contributed by atoms with E-state index < -0.39 is 14.1 Å². The summed E-state index contributed by atoms with van der Waals surface area (Å²) in [5, 5.41) is 0. The Labute approximate surface area is 212 Å². The van der Waals surface area contributed by atoms with Crippen LogP contribution in [0.15, 0.2) is 0 Å². The van der Waals surface area contributed by atoms with Gasteiger partial charge in [-0.25, -0.2) is 0 Å². The van der Waals surface area contributed by atoms with Crippen LogP contribution in [-0.4, -0.2) is 37.0 Å². The molecule has 0 bridgehead atoms. The SMILES string of the molecule is CCCCCP(CCCCC)(CCCCC)=[N+]=P(CCCCC)(CCCCC)CCCCC. The van der Waals surface area contributed by atoms with Crippen molar-refractivity contribution in [3.05, 3.63) is 0 Å². The van der Waals surface area contributed by atoms with E-state index in [-0.39, 0.29) is 0 Å². The van der Waals surface area contributed by atoms with Crippen LogP contribution in [0.5, 0.6) is 0 Å². The zero-order valence-corrected chi connectivity index (χ0v) is 26.1. The van der Waals surface area contributed by atoms with Crippen molar-refractivity contribution in [2.45, 2.75) is 157 Å². The van der Waals surface area contributed by atoms with Gasteiger partial charge in [0, 0.05) is 37.0 Å². The van der Waals surface area contributed by atoms with Crippen molar-refractivity contribution in [2.24, 2.45) is 0 Å². The molecule has 0 radical (unpaired) electrons. The van der Waals surface area contributed by atoms with Crippen LogP contribution in [0, 0.1) is 0 Å². The average Bonchev–Trinajstić information content (AvgIpc) is 2.80. The topological polar surface area (TPSA) is 14.1 Å². The molecule has 0 aromatic carbocycles. The molecule has 0 aliphatic rings. The van der Waals surface area contributed by atoms with Gasteiger partial charge in [0.25, 0.3) is 0 Å². The molecule has 0 aliphatic carbocycles. The number of hydrogen-bond acceptors (Lipinski definition) is 0. The second kappa shape index (κ2) is 23.0. The smallest absolute Gasteiger partial charge is 0.176 e. The molecule has 0 aromatic rings. The summed E-state index contributed by atoms with van der Waals surface area (Å²) in [7, 11) is -2.36. The van der Waals surface area contributed by atoms with E-state index in [2.05, 4.69) is 41.5 Å². The van der Waals surface area contributed by atoms with E-state index in [0.29, 0.717) is 0 Å². The summed E-state index contributed by atoms with van der Waals surface area (Å²) in [5.74, 6) is 0. The Morgan fingerprint density at radius 3 is 0.636 bits per heavy atom. The minimum Gasteiger partial charge on any atom is -0.176 e. The van der Waals surface area contributed by atoms with E-state index in [4.69, 9.17) is 4.17 Å². The van der Waals surface area contributed by atoms with E-state index in [1.165, 1.54) is 153 Å². The fourth-order valence-corrected chi connectivity index (χ4v) is 16.9. The number of unbranched alkanes of at least 4 members (excludes halogenated alkanes) is 12. The molecule has 0 atom stereocenters. The fourth-order valence-electron chi connectivity index (χ4n) is 5.28. The normalized spacial score (nSPS) is 12.3. The van der Waals surface area contributed by atoms with Crippen LogP contribution in [0.25, 0.3) is 0 Å². The first kappa shape index (κ1) is 33.6. The molecule has 33 heavy (non-hydrogen) atoms. The first-order chi connectivity index (χ1) is 16.1. The molecule has 0 aromatic heterocycles. The van der Waals surface area contributed by atoms with Crippen molar-refractivity contribution in [1.29, 1.82) is 0 Å². The van der Waals surface area contributed by atoms with Gasteiger partial charge in [-0.1, -0.05) is 119 Å². The highest BCUT2D eigenvalue weighted by Crippen LogP contribution is 2.56. The van der Waals surface area contributed by atoms with Gasteiger partial charge in [-0.15, -0.1) is 0 Å². The lowest BCUT2D eigenvalue weighted by atomic mass is 10.3. The van der Waals surface area contributed by atoms with Crippen molar-refractivity contribution < 1.29 is 0 Å². The molecule has 0 saturated carbocycles. The zero-order chi connectivity index (χ0) is 24.7. The zero-order valence-electron chi connectivity index (χ0n) is 24.3. The second-order valence-corrected chi connectivity index (χ2v) is 18.6. The van der Waals surface area contributed by atoms with Gasteiger partial charge in [-0.2, -0.15) is 4.17 Å². The summed E-state index contributed by atoms with van der Waals surface area (Å²) in [5.41, 5.74) is 0. The Balaban J connectivity index is 6.58. The minimum absolute atomic E-state index is 1.18. The van der Waals surface area contributed by atoms with Gasteiger partial charge in [0.05, 0.1) is 0 Å². The molecule has 0 unspecified atom stereocenters. The van der Waals surface area contributed by atoms with Crippen LogP contribution in [0.4, 0.5) is 0 Å². The highest BCUT2D eigenvalue weighted by atomic mass is 31.2. The third-order valence-corrected chi connectivity index (χ3v) is 17.4. The lowest BCUT2D eigenvalue weighted by molar-refractivity contribution is 0.741. The predicted molar refractivity (Wildman–Crippen MR) is 162 cm³/mol. The maximum absolute atomic E-state index is 6.39. The van der Waals surface area contributed by atoms with Crippen molar-refractivity contribution in [3.8, 4) is 0 Å². The van der Waals surface area contributed by atoms with Crippen molar-refractivity contribution in [2.75, 3.05) is 37.0 Å². The third kappa shape index (κ3) is 16.8. The Bertz CT molecular complexity index is 423. The summed E-state index contributed by atoms with van der Waals surface area (Å²) >= 11 is 0. The quantitative estimate of drug-likeness (QED) is 0.0707. The predicted octanol–water partition coefficient (Wildman–Crippen LogP) is 11.6. The Kier molecular flexibility index (Phi) is 23.4. The van der Waals surface area contributed by atoms with E-state index >= 15 is 0 Å². The van der Waals surface area contributed by atoms with Gasteiger partial charge >= 0.3 is 0 Å². The lowest BCUT2D eigenvalue weighted by Crippen LogP contribution is -2.09. The summed E-state index contributed by atoms with van der Waals surface area (Å²) in [6.07, 6.45) is 34.3. The van der Waals surface area contributed by atoms with Crippen LogP contribution in [0.3, 0.4) is 0 Å². The highest BCUT2D eigenvalue weighted by Gasteiger charge is 2.34. The Hall–Kier alpha value is 0.570. The highest BCUT2D eigenvalue weighted by molar-refractivity contribution is 7.73. The third-order valence-electron chi connectivity index (χ3n) is 7.45. The molecule has 0 N–H and O–H groups in total. The van der Waals surface area contributed by atoms with Crippen molar-refractivity contribution in [1.82, 2.24) is 4.17 Å². The minimum atomic E-state index is -1.18.